The van der Waals surface area contributed by atoms with Crippen LogP contribution in [-0.2, 0) is 6.54 Å². The Labute approximate surface area is 141 Å². The lowest BCUT2D eigenvalue weighted by molar-refractivity contribution is 0.137. The summed E-state index contributed by atoms with van der Waals surface area (Å²) >= 11 is 0. The summed E-state index contributed by atoms with van der Waals surface area (Å²) in [6, 6.07) is 13.0. The van der Waals surface area contributed by atoms with Crippen molar-refractivity contribution in [3.63, 3.8) is 0 Å². The molecule has 1 fully saturated rings. The van der Waals surface area contributed by atoms with Gasteiger partial charge >= 0.3 is 0 Å². The topological polar surface area (TPSA) is 58.0 Å². The van der Waals surface area contributed by atoms with Crippen LogP contribution in [0, 0.1) is 6.92 Å². The standard InChI is InChI=1S/C19H22N4O/c1-14-11-18(24-22-14)16-12-20-21-19(16)17-9-5-6-10-23(17)13-15-7-3-2-4-8-15/h2-4,7-8,11-12,17H,5-6,9-10,13H2,1H3,(H,20,21)/t17-/m0/s1. The Kier molecular flexibility index (Phi) is 4.17. The number of H-pyrrole nitrogens is 1. The third-order valence-electron chi connectivity index (χ3n) is 4.74. The molecule has 0 aliphatic carbocycles. The summed E-state index contributed by atoms with van der Waals surface area (Å²) in [5, 5.41) is 11.5. The minimum absolute atomic E-state index is 0.335. The molecule has 124 valence electrons. The molecule has 0 spiro atoms. The molecule has 24 heavy (non-hydrogen) atoms. The summed E-state index contributed by atoms with van der Waals surface area (Å²) < 4.78 is 5.47. The van der Waals surface area contributed by atoms with Crippen molar-refractivity contribution >= 4 is 0 Å². The fourth-order valence-electron chi connectivity index (χ4n) is 3.56. The highest BCUT2D eigenvalue weighted by atomic mass is 16.5. The maximum absolute atomic E-state index is 5.47. The van der Waals surface area contributed by atoms with Crippen LogP contribution in [-0.4, -0.2) is 26.8 Å². The van der Waals surface area contributed by atoms with E-state index in [9.17, 15) is 0 Å². The molecule has 1 aromatic carbocycles. The van der Waals surface area contributed by atoms with Gasteiger partial charge in [-0.05, 0) is 31.9 Å². The molecule has 5 heteroatoms. The molecule has 1 saturated heterocycles. The van der Waals surface area contributed by atoms with E-state index >= 15 is 0 Å². The second-order valence-electron chi connectivity index (χ2n) is 6.50. The zero-order valence-corrected chi connectivity index (χ0v) is 13.9. The lowest BCUT2D eigenvalue weighted by atomic mass is 9.95. The number of piperidine rings is 1. The Morgan fingerprint density at radius 1 is 1.25 bits per heavy atom. The van der Waals surface area contributed by atoms with Crippen LogP contribution in [0.3, 0.4) is 0 Å². The number of benzene rings is 1. The highest BCUT2D eigenvalue weighted by Gasteiger charge is 2.28. The van der Waals surface area contributed by atoms with Crippen molar-refractivity contribution < 1.29 is 4.52 Å². The van der Waals surface area contributed by atoms with Gasteiger partial charge in [-0.1, -0.05) is 41.9 Å². The summed E-state index contributed by atoms with van der Waals surface area (Å²) in [7, 11) is 0. The van der Waals surface area contributed by atoms with E-state index in [0.29, 0.717) is 6.04 Å². The summed E-state index contributed by atoms with van der Waals surface area (Å²) in [5.74, 6) is 0.793. The number of likely N-dealkylation sites (tertiary alicyclic amines) is 1. The van der Waals surface area contributed by atoms with Gasteiger partial charge in [-0.2, -0.15) is 5.10 Å². The molecule has 0 amide bonds. The van der Waals surface area contributed by atoms with Crippen LogP contribution in [0.2, 0.25) is 0 Å². The van der Waals surface area contributed by atoms with Crippen LogP contribution < -0.4 is 0 Å². The Morgan fingerprint density at radius 2 is 2.12 bits per heavy atom. The van der Waals surface area contributed by atoms with Crippen molar-refractivity contribution in [1.82, 2.24) is 20.3 Å². The number of rotatable bonds is 4. The Balaban J connectivity index is 1.63. The molecule has 1 aliphatic heterocycles. The predicted molar refractivity (Wildman–Crippen MR) is 92.3 cm³/mol. The smallest absolute Gasteiger partial charge is 0.170 e. The van der Waals surface area contributed by atoms with E-state index in [1.807, 2.05) is 19.2 Å². The first-order valence-electron chi connectivity index (χ1n) is 8.56. The first kappa shape index (κ1) is 15.1. The number of nitrogens with one attached hydrogen (secondary N) is 1. The van der Waals surface area contributed by atoms with Crippen LogP contribution >= 0.6 is 0 Å². The summed E-state index contributed by atoms with van der Waals surface area (Å²) in [5.41, 5.74) is 4.41. The van der Waals surface area contributed by atoms with E-state index in [-0.39, 0.29) is 0 Å². The van der Waals surface area contributed by atoms with Crippen LogP contribution in [0.1, 0.15) is 42.3 Å². The molecule has 0 bridgehead atoms. The van der Waals surface area contributed by atoms with Gasteiger partial charge in [0.25, 0.3) is 0 Å². The first-order chi connectivity index (χ1) is 11.8. The fraction of sp³-hybridized carbons (Fsp3) is 0.368. The molecule has 3 heterocycles. The van der Waals surface area contributed by atoms with Crippen LogP contribution in [0.5, 0.6) is 0 Å². The van der Waals surface area contributed by atoms with Crippen molar-refractivity contribution in [2.24, 2.45) is 0 Å². The van der Waals surface area contributed by atoms with Crippen LogP contribution in [0.4, 0.5) is 0 Å². The molecular weight excluding hydrogens is 300 g/mol. The van der Waals surface area contributed by atoms with E-state index in [1.165, 1.54) is 18.4 Å². The third-order valence-corrected chi connectivity index (χ3v) is 4.74. The van der Waals surface area contributed by atoms with E-state index in [2.05, 4.69) is 50.6 Å². The number of hydrogen-bond acceptors (Lipinski definition) is 4. The van der Waals surface area contributed by atoms with Gasteiger partial charge in [0.15, 0.2) is 5.76 Å². The molecule has 1 atom stereocenters. The largest absolute Gasteiger partial charge is 0.356 e. The lowest BCUT2D eigenvalue weighted by Gasteiger charge is -2.35. The van der Waals surface area contributed by atoms with Crippen LogP contribution in [0.25, 0.3) is 11.3 Å². The molecule has 4 rings (SSSR count). The number of hydrogen-bond donors (Lipinski definition) is 1. The van der Waals surface area contributed by atoms with E-state index in [4.69, 9.17) is 4.52 Å². The molecule has 2 aromatic heterocycles. The molecule has 0 radical (unpaired) electrons. The molecular formula is C19H22N4O. The average Bonchev–Trinajstić information content (AvgIpc) is 3.25. The Hall–Kier alpha value is -2.40. The average molecular weight is 322 g/mol. The second-order valence-corrected chi connectivity index (χ2v) is 6.50. The number of aryl methyl sites for hydroxylation is 1. The number of nitrogens with zero attached hydrogens (tertiary/aromatic N) is 3. The van der Waals surface area contributed by atoms with Gasteiger partial charge < -0.3 is 4.52 Å². The van der Waals surface area contributed by atoms with Gasteiger partial charge in [-0.15, -0.1) is 0 Å². The molecule has 5 nitrogen and oxygen atoms in total. The Morgan fingerprint density at radius 3 is 2.92 bits per heavy atom. The quantitative estimate of drug-likeness (QED) is 0.785. The van der Waals surface area contributed by atoms with Gasteiger partial charge in [-0.3, -0.25) is 10.00 Å². The minimum Gasteiger partial charge on any atom is -0.356 e. The van der Waals surface area contributed by atoms with E-state index in [1.54, 1.807) is 0 Å². The molecule has 0 saturated carbocycles. The number of aromatic amines is 1. The second kappa shape index (κ2) is 6.61. The maximum Gasteiger partial charge on any atom is 0.170 e. The number of aromatic nitrogens is 3. The zero-order chi connectivity index (χ0) is 16.4. The highest BCUT2D eigenvalue weighted by Crippen LogP contribution is 2.36. The zero-order valence-electron chi connectivity index (χ0n) is 13.9. The summed E-state index contributed by atoms with van der Waals surface area (Å²) in [4.78, 5) is 2.54. The van der Waals surface area contributed by atoms with Crippen molar-refractivity contribution in [1.29, 1.82) is 0 Å². The van der Waals surface area contributed by atoms with Gasteiger partial charge in [0.05, 0.1) is 29.2 Å². The van der Waals surface area contributed by atoms with Gasteiger partial charge in [-0.25, -0.2) is 0 Å². The minimum atomic E-state index is 0.335. The molecule has 3 aromatic rings. The highest BCUT2D eigenvalue weighted by molar-refractivity contribution is 5.60. The summed E-state index contributed by atoms with van der Waals surface area (Å²) in [6.45, 7) is 4.00. The Bertz CT molecular complexity index is 793. The van der Waals surface area contributed by atoms with Gasteiger partial charge in [0.2, 0.25) is 0 Å². The monoisotopic (exact) mass is 322 g/mol. The van der Waals surface area contributed by atoms with Crippen molar-refractivity contribution in [3.8, 4) is 11.3 Å². The van der Waals surface area contributed by atoms with E-state index in [0.717, 1.165) is 42.2 Å². The van der Waals surface area contributed by atoms with Gasteiger partial charge in [0, 0.05) is 12.6 Å². The lowest BCUT2D eigenvalue weighted by Crippen LogP contribution is -2.33. The first-order valence-corrected chi connectivity index (χ1v) is 8.56. The molecule has 0 unspecified atom stereocenters. The van der Waals surface area contributed by atoms with Crippen molar-refractivity contribution in [3.05, 3.63) is 59.5 Å². The molecule has 1 N–H and O–H groups in total. The third kappa shape index (κ3) is 2.99. The molecule has 1 aliphatic rings. The van der Waals surface area contributed by atoms with Crippen molar-refractivity contribution in [2.45, 2.75) is 38.8 Å². The van der Waals surface area contributed by atoms with Crippen LogP contribution in [0.15, 0.2) is 47.1 Å². The predicted octanol–water partition coefficient (Wildman–Crippen LogP) is 4.10. The SMILES string of the molecule is Cc1cc(-c2cn[nH]c2[C@@H]2CCCCN2Cc2ccccc2)on1. The van der Waals surface area contributed by atoms with Gasteiger partial charge in [0.1, 0.15) is 0 Å². The normalized spacial score (nSPS) is 18.8. The fourth-order valence-corrected chi connectivity index (χ4v) is 3.56. The summed E-state index contributed by atoms with van der Waals surface area (Å²) in [6.07, 6.45) is 5.47. The van der Waals surface area contributed by atoms with E-state index < -0.39 is 0 Å². The van der Waals surface area contributed by atoms with Crippen molar-refractivity contribution in [2.75, 3.05) is 6.54 Å². The maximum atomic E-state index is 5.47.